The van der Waals surface area contributed by atoms with Crippen molar-refractivity contribution in [2.45, 2.75) is 33.9 Å². The van der Waals surface area contributed by atoms with Gasteiger partial charge in [-0.25, -0.2) is 4.98 Å². The Labute approximate surface area is 232 Å². The fourth-order valence-corrected chi connectivity index (χ4v) is 4.31. The summed E-state index contributed by atoms with van der Waals surface area (Å²) in [6.45, 7) is 8.87. The molecule has 0 atom stereocenters. The van der Waals surface area contributed by atoms with Gasteiger partial charge in [-0.2, -0.15) is 22.9 Å². The van der Waals surface area contributed by atoms with Gasteiger partial charge in [-0.05, 0) is 70.2 Å². The molecule has 0 N–H and O–H groups in total. The first-order valence-electron chi connectivity index (χ1n) is 12.2. The van der Waals surface area contributed by atoms with Crippen LogP contribution in [0, 0.1) is 5.41 Å². The minimum Gasteiger partial charge on any atom is -0.490 e. The lowest BCUT2D eigenvalue weighted by atomic mass is 9.99. The van der Waals surface area contributed by atoms with Gasteiger partial charge in [0.1, 0.15) is 0 Å². The van der Waals surface area contributed by atoms with Gasteiger partial charge in [0.15, 0.2) is 17.3 Å². The molecule has 0 amide bonds. The Kier molecular flexibility index (Phi) is 8.15. The average Bonchev–Trinajstić information content (AvgIpc) is 2.87. The fraction of sp³-hybridized carbons (Fsp3) is 0.276. The van der Waals surface area contributed by atoms with Crippen LogP contribution in [0.25, 0.3) is 22.3 Å². The molecule has 204 valence electrons. The van der Waals surface area contributed by atoms with E-state index in [2.05, 4.69) is 46.8 Å². The van der Waals surface area contributed by atoms with Crippen molar-refractivity contribution in [1.29, 1.82) is 0 Å². The third-order valence-corrected chi connectivity index (χ3v) is 6.09. The molecule has 4 rings (SSSR count). The topological polar surface area (TPSA) is 65.7 Å². The van der Waals surface area contributed by atoms with Gasteiger partial charge in [-0.3, -0.25) is 4.79 Å². The van der Waals surface area contributed by atoms with Crippen molar-refractivity contribution < 1.29 is 22.6 Å². The van der Waals surface area contributed by atoms with Gasteiger partial charge in [0.25, 0.3) is 5.56 Å². The summed E-state index contributed by atoms with van der Waals surface area (Å²) in [7, 11) is 0. The molecule has 1 heterocycles. The van der Waals surface area contributed by atoms with Crippen molar-refractivity contribution in [3.8, 4) is 22.9 Å². The van der Waals surface area contributed by atoms with Crippen LogP contribution in [-0.2, 0) is 6.18 Å². The molecule has 0 aliphatic carbocycles. The van der Waals surface area contributed by atoms with E-state index in [-0.39, 0.29) is 22.2 Å². The van der Waals surface area contributed by atoms with Crippen molar-refractivity contribution in [2.75, 3.05) is 13.2 Å². The molecule has 39 heavy (non-hydrogen) atoms. The van der Waals surface area contributed by atoms with E-state index in [0.29, 0.717) is 40.3 Å². The van der Waals surface area contributed by atoms with Gasteiger partial charge >= 0.3 is 6.18 Å². The van der Waals surface area contributed by atoms with Crippen molar-refractivity contribution in [2.24, 2.45) is 10.5 Å². The maximum atomic E-state index is 13.4. The molecule has 10 heteroatoms. The number of ether oxygens (including phenoxy) is 2. The van der Waals surface area contributed by atoms with E-state index < -0.39 is 17.3 Å². The first kappa shape index (κ1) is 28.4. The van der Waals surface area contributed by atoms with Gasteiger partial charge in [0, 0.05) is 5.56 Å². The van der Waals surface area contributed by atoms with Crippen LogP contribution in [0.5, 0.6) is 11.5 Å². The second kappa shape index (κ2) is 11.2. The van der Waals surface area contributed by atoms with Crippen LogP contribution in [0.15, 0.2) is 75.0 Å². The number of rotatable bonds is 7. The molecule has 0 aliphatic rings. The molecule has 0 saturated carbocycles. The Bertz CT molecular complexity index is 1590. The summed E-state index contributed by atoms with van der Waals surface area (Å²) < 4.78 is 53.7. The number of aromatic nitrogens is 2. The molecule has 0 saturated heterocycles. The van der Waals surface area contributed by atoms with Gasteiger partial charge in [0.05, 0.1) is 40.4 Å². The van der Waals surface area contributed by atoms with Crippen LogP contribution in [0.2, 0.25) is 0 Å². The largest absolute Gasteiger partial charge is 0.490 e. The van der Waals surface area contributed by atoms with Crippen LogP contribution < -0.4 is 15.0 Å². The summed E-state index contributed by atoms with van der Waals surface area (Å²) in [6.07, 6.45) is -3.13. The minimum atomic E-state index is -4.56. The number of hydrogen-bond donors (Lipinski definition) is 0. The first-order valence-corrected chi connectivity index (χ1v) is 13.0. The van der Waals surface area contributed by atoms with E-state index in [0.717, 1.165) is 16.8 Å². The molecule has 1 aromatic heterocycles. The normalized spacial score (nSPS) is 12.3. The van der Waals surface area contributed by atoms with E-state index >= 15 is 0 Å². The number of hydrogen-bond acceptors (Lipinski definition) is 5. The summed E-state index contributed by atoms with van der Waals surface area (Å²) in [6, 6.07) is 14.7. The molecular formula is C29H27BrF3N3O3. The maximum Gasteiger partial charge on any atom is 0.416 e. The highest BCUT2D eigenvalue weighted by Crippen LogP contribution is 2.38. The standard InChI is InChI=1S/C29H27BrF3N3O3/c1-5-38-24-14-18(13-22(30)25(24)39-17-28(2,3)4)16-34-36-26(19-9-8-10-20(15-19)29(31,32)33)35-23-12-7-6-11-21(23)27(36)37/h6-16H,5,17H2,1-4H3. The molecule has 3 aromatic carbocycles. The predicted molar refractivity (Wildman–Crippen MR) is 150 cm³/mol. The second-order valence-electron chi connectivity index (χ2n) is 10.0. The lowest BCUT2D eigenvalue weighted by Crippen LogP contribution is -2.20. The maximum absolute atomic E-state index is 13.4. The molecule has 0 radical (unpaired) electrons. The smallest absolute Gasteiger partial charge is 0.416 e. The molecule has 0 bridgehead atoms. The van der Waals surface area contributed by atoms with Crippen LogP contribution >= 0.6 is 15.9 Å². The zero-order valence-electron chi connectivity index (χ0n) is 21.8. The number of nitrogens with zero attached hydrogens (tertiary/aromatic N) is 3. The molecule has 0 fully saturated rings. The summed E-state index contributed by atoms with van der Waals surface area (Å²) in [5.41, 5.74) is -0.418. The number of para-hydroxylation sites is 1. The molecule has 6 nitrogen and oxygen atoms in total. The van der Waals surface area contributed by atoms with Crippen LogP contribution in [-0.4, -0.2) is 29.1 Å². The zero-order valence-corrected chi connectivity index (χ0v) is 23.4. The zero-order chi connectivity index (χ0) is 28.4. The Balaban J connectivity index is 1.84. The van der Waals surface area contributed by atoms with Gasteiger partial charge in [-0.1, -0.05) is 45.0 Å². The Morgan fingerprint density at radius 2 is 1.77 bits per heavy atom. The molecular weight excluding hydrogens is 575 g/mol. The van der Waals surface area contributed by atoms with Gasteiger partial charge in [-0.15, -0.1) is 0 Å². The van der Waals surface area contributed by atoms with Crippen LogP contribution in [0.4, 0.5) is 13.2 Å². The molecule has 4 aromatic rings. The highest BCUT2D eigenvalue weighted by Gasteiger charge is 2.31. The van der Waals surface area contributed by atoms with E-state index in [4.69, 9.17) is 9.47 Å². The minimum absolute atomic E-state index is 0.0183. The summed E-state index contributed by atoms with van der Waals surface area (Å²) in [5.74, 6) is 1.01. The third-order valence-electron chi connectivity index (χ3n) is 5.51. The van der Waals surface area contributed by atoms with Crippen molar-refractivity contribution in [1.82, 2.24) is 9.66 Å². The second-order valence-corrected chi connectivity index (χ2v) is 10.9. The number of halogens is 4. The fourth-order valence-electron chi connectivity index (χ4n) is 3.73. The predicted octanol–water partition coefficient (Wildman–Crippen LogP) is 7.55. The monoisotopic (exact) mass is 601 g/mol. The van der Waals surface area contributed by atoms with Crippen molar-refractivity contribution in [3.05, 3.63) is 86.6 Å². The van der Waals surface area contributed by atoms with Crippen LogP contribution in [0.3, 0.4) is 0 Å². The van der Waals surface area contributed by atoms with E-state index in [1.807, 2.05) is 6.92 Å². The number of fused-ring (bicyclic) bond motifs is 1. The lowest BCUT2D eigenvalue weighted by molar-refractivity contribution is -0.137. The quantitative estimate of drug-likeness (QED) is 0.205. The Hall–Kier alpha value is -3.66. The highest BCUT2D eigenvalue weighted by molar-refractivity contribution is 9.10. The lowest BCUT2D eigenvalue weighted by Gasteiger charge is -2.21. The van der Waals surface area contributed by atoms with E-state index in [9.17, 15) is 18.0 Å². The summed E-state index contributed by atoms with van der Waals surface area (Å²) >= 11 is 3.53. The average molecular weight is 602 g/mol. The highest BCUT2D eigenvalue weighted by atomic mass is 79.9. The SMILES string of the molecule is CCOc1cc(C=Nn2c(-c3cccc(C(F)(F)F)c3)nc3ccccc3c2=O)cc(Br)c1OCC(C)(C)C. The summed E-state index contributed by atoms with van der Waals surface area (Å²) in [5, 5.41) is 4.65. The summed E-state index contributed by atoms with van der Waals surface area (Å²) in [4.78, 5) is 17.9. The van der Waals surface area contributed by atoms with Crippen molar-refractivity contribution in [3.63, 3.8) is 0 Å². The van der Waals surface area contributed by atoms with E-state index in [1.165, 1.54) is 18.3 Å². The van der Waals surface area contributed by atoms with Crippen molar-refractivity contribution >= 4 is 33.0 Å². The van der Waals surface area contributed by atoms with Gasteiger partial charge < -0.3 is 9.47 Å². The first-order chi connectivity index (χ1) is 18.4. The molecule has 0 spiro atoms. The van der Waals surface area contributed by atoms with Gasteiger partial charge in [0.2, 0.25) is 0 Å². The molecule has 0 aliphatic heterocycles. The number of benzene rings is 3. The van der Waals surface area contributed by atoms with E-state index in [1.54, 1.807) is 36.4 Å². The Morgan fingerprint density at radius 3 is 2.46 bits per heavy atom. The number of alkyl halides is 3. The molecule has 0 unspecified atom stereocenters. The Morgan fingerprint density at radius 1 is 1.03 bits per heavy atom. The van der Waals surface area contributed by atoms with Crippen LogP contribution in [0.1, 0.15) is 38.8 Å². The third kappa shape index (κ3) is 6.68.